The molecule has 11 heteroatoms. The molecule has 1 aromatic carbocycles. The van der Waals surface area contributed by atoms with Crippen LogP contribution in [0.1, 0.15) is 93.5 Å². The molecule has 0 spiro atoms. The summed E-state index contributed by atoms with van der Waals surface area (Å²) in [5.41, 5.74) is -1.45. The topological polar surface area (TPSA) is 86.8 Å². The molecular formula is C33H38F4N6O. The first-order valence-corrected chi connectivity index (χ1v) is 15.7. The van der Waals surface area contributed by atoms with Gasteiger partial charge in [-0.2, -0.15) is 5.26 Å². The zero-order chi connectivity index (χ0) is 31.1. The van der Waals surface area contributed by atoms with Crippen LogP contribution in [0.3, 0.4) is 0 Å². The molecule has 7 nitrogen and oxygen atoms in total. The van der Waals surface area contributed by atoms with Crippen LogP contribution in [-0.4, -0.2) is 45.7 Å². The standard InChI is InChI=1S/C33H38F4N6O/c1-21-24-8-6-9-26(28(24)35)33(36,37)22-10-15-42(16-11-22)14-5-3-2-4-7-23(18-34)43-30-25(29(41-21)39-20-40-30)17-27(31(43)44)32(19-38)12-13-32/h6,8-9,17,20-23H,2-5,7,10-16,18H2,1H3,(H,39,40,41)/t21-,23?/m1/s1. The lowest BCUT2D eigenvalue weighted by atomic mass is 9.85. The number of aromatic nitrogens is 3. The number of nitriles is 1. The molecule has 0 radical (unpaired) electrons. The van der Waals surface area contributed by atoms with Crippen LogP contribution in [0, 0.1) is 23.1 Å². The molecule has 8 bridgehead atoms. The first kappa shape index (κ1) is 30.5. The molecule has 1 saturated carbocycles. The van der Waals surface area contributed by atoms with Gasteiger partial charge in [0.1, 0.15) is 30.3 Å². The first-order valence-electron chi connectivity index (χ1n) is 15.7. The molecule has 1 saturated heterocycles. The highest BCUT2D eigenvalue weighted by molar-refractivity contribution is 5.87. The summed E-state index contributed by atoms with van der Waals surface area (Å²) in [5.74, 6) is -4.98. The Morgan fingerprint density at radius 2 is 1.80 bits per heavy atom. The van der Waals surface area contributed by atoms with Crippen molar-refractivity contribution in [3.8, 4) is 6.07 Å². The van der Waals surface area contributed by atoms with Crippen molar-refractivity contribution in [3.05, 3.63) is 63.5 Å². The number of fused-ring (bicyclic) bond motifs is 9. The lowest BCUT2D eigenvalue weighted by molar-refractivity contribution is -0.0880. The number of pyridine rings is 1. The Bertz CT molecular complexity index is 1620. The predicted molar refractivity (Wildman–Crippen MR) is 160 cm³/mol. The number of alkyl halides is 3. The first-order chi connectivity index (χ1) is 21.2. The van der Waals surface area contributed by atoms with Gasteiger partial charge in [-0.15, -0.1) is 0 Å². The number of hydrogen-bond acceptors (Lipinski definition) is 6. The van der Waals surface area contributed by atoms with E-state index in [0.29, 0.717) is 57.0 Å². The molecule has 5 heterocycles. The van der Waals surface area contributed by atoms with Crippen molar-refractivity contribution >= 4 is 16.9 Å². The van der Waals surface area contributed by atoms with E-state index in [-0.39, 0.29) is 22.6 Å². The van der Waals surface area contributed by atoms with E-state index in [2.05, 4.69) is 26.3 Å². The Morgan fingerprint density at radius 3 is 2.50 bits per heavy atom. The number of halogens is 4. The molecule has 4 aliphatic rings. The predicted octanol–water partition coefficient (Wildman–Crippen LogP) is 6.94. The summed E-state index contributed by atoms with van der Waals surface area (Å²) in [5, 5.41) is 13.5. The van der Waals surface area contributed by atoms with Gasteiger partial charge in [-0.25, -0.2) is 27.5 Å². The van der Waals surface area contributed by atoms with Crippen LogP contribution in [-0.2, 0) is 11.3 Å². The quantitative estimate of drug-likeness (QED) is 0.317. The van der Waals surface area contributed by atoms with E-state index in [1.54, 1.807) is 13.0 Å². The summed E-state index contributed by atoms with van der Waals surface area (Å²) in [7, 11) is 0. The van der Waals surface area contributed by atoms with Gasteiger partial charge in [-0.05, 0) is 71.1 Å². The molecular weight excluding hydrogens is 572 g/mol. The molecule has 1 N–H and O–H groups in total. The average Bonchev–Trinajstić information content (AvgIpc) is 3.82. The van der Waals surface area contributed by atoms with Gasteiger partial charge < -0.3 is 10.2 Å². The highest BCUT2D eigenvalue weighted by Crippen LogP contribution is 2.47. The van der Waals surface area contributed by atoms with Crippen LogP contribution in [0.4, 0.5) is 23.4 Å². The summed E-state index contributed by atoms with van der Waals surface area (Å²) in [6, 6.07) is 6.41. The van der Waals surface area contributed by atoms with Crippen molar-refractivity contribution in [2.75, 3.05) is 31.6 Å². The van der Waals surface area contributed by atoms with Crippen molar-refractivity contribution in [1.82, 2.24) is 19.4 Å². The Balaban J connectivity index is 1.47. The van der Waals surface area contributed by atoms with Gasteiger partial charge in [-0.3, -0.25) is 9.36 Å². The smallest absolute Gasteiger partial charge is 0.278 e. The lowest BCUT2D eigenvalue weighted by Gasteiger charge is -2.36. The SMILES string of the molecule is C[C@H]1Nc2ncnc3c2cc(C2(C#N)CC2)c(=O)n3C(CF)CCCCCCN2CCC(CC2)C(F)(F)c2cccc1c2F. The highest BCUT2D eigenvalue weighted by Gasteiger charge is 2.48. The largest absolute Gasteiger partial charge is 0.363 e. The van der Waals surface area contributed by atoms with Crippen molar-refractivity contribution in [2.45, 2.75) is 88.1 Å². The van der Waals surface area contributed by atoms with Crippen LogP contribution in [0.15, 0.2) is 35.4 Å². The minimum atomic E-state index is -3.32. The monoisotopic (exact) mass is 610 g/mol. The number of nitrogens with one attached hydrogen (secondary N) is 1. The zero-order valence-electron chi connectivity index (χ0n) is 25.0. The van der Waals surface area contributed by atoms with Gasteiger partial charge >= 0.3 is 0 Å². The Labute approximate surface area is 254 Å². The van der Waals surface area contributed by atoms with E-state index in [9.17, 15) is 14.4 Å². The second kappa shape index (κ2) is 12.1. The van der Waals surface area contributed by atoms with Crippen LogP contribution in [0.2, 0.25) is 0 Å². The molecule has 2 fully saturated rings. The van der Waals surface area contributed by atoms with Crippen molar-refractivity contribution in [2.24, 2.45) is 5.92 Å². The van der Waals surface area contributed by atoms with E-state index >= 15 is 13.2 Å². The van der Waals surface area contributed by atoms with Crippen molar-refractivity contribution in [1.29, 1.82) is 5.26 Å². The summed E-state index contributed by atoms with van der Waals surface area (Å²) < 4.78 is 63.6. The second-order valence-corrected chi connectivity index (χ2v) is 12.7. The van der Waals surface area contributed by atoms with Gasteiger partial charge in [0.05, 0.1) is 34.5 Å². The number of anilines is 1. The molecule has 3 aromatic rings. The third-order valence-electron chi connectivity index (χ3n) is 9.92. The molecule has 0 amide bonds. The fourth-order valence-electron chi connectivity index (χ4n) is 7.01. The zero-order valence-corrected chi connectivity index (χ0v) is 25.0. The van der Waals surface area contributed by atoms with Crippen LogP contribution >= 0.6 is 0 Å². The molecule has 1 aliphatic carbocycles. The Kier molecular flexibility index (Phi) is 8.40. The molecule has 234 valence electrons. The number of benzene rings is 1. The van der Waals surface area contributed by atoms with E-state index in [4.69, 9.17) is 0 Å². The molecule has 2 aromatic heterocycles. The van der Waals surface area contributed by atoms with Crippen LogP contribution in [0.5, 0.6) is 0 Å². The maximum atomic E-state index is 15.9. The molecule has 7 rings (SSSR count). The summed E-state index contributed by atoms with van der Waals surface area (Å²) >= 11 is 0. The Morgan fingerprint density at radius 1 is 1.05 bits per heavy atom. The minimum Gasteiger partial charge on any atom is -0.363 e. The third-order valence-corrected chi connectivity index (χ3v) is 9.92. The molecule has 2 atom stereocenters. The van der Waals surface area contributed by atoms with E-state index in [1.807, 2.05) is 0 Å². The van der Waals surface area contributed by atoms with Gasteiger partial charge in [0.25, 0.3) is 11.5 Å². The number of hydrogen-bond donors (Lipinski definition) is 1. The average molecular weight is 611 g/mol. The van der Waals surface area contributed by atoms with Gasteiger partial charge in [0.2, 0.25) is 0 Å². The normalized spacial score (nSPS) is 26.8. The van der Waals surface area contributed by atoms with Gasteiger partial charge in [-0.1, -0.05) is 37.5 Å². The number of piperidine rings is 1. The van der Waals surface area contributed by atoms with Gasteiger partial charge in [0.15, 0.2) is 0 Å². The van der Waals surface area contributed by atoms with E-state index < -0.39 is 53.0 Å². The fraction of sp³-hybridized carbons (Fsp3) is 0.576. The molecule has 44 heavy (non-hydrogen) atoms. The maximum absolute atomic E-state index is 15.9. The highest BCUT2D eigenvalue weighted by atomic mass is 19.3. The van der Waals surface area contributed by atoms with Crippen molar-refractivity contribution < 1.29 is 17.6 Å². The number of nitrogens with zero attached hydrogens (tertiary/aromatic N) is 5. The molecule has 1 unspecified atom stereocenters. The minimum absolute atomic E-state index is 0.0585. The van der Waals surface area contributed by atoms with Crippen LogP contribution < -0.4 is 10.9 Å². The Hall–Kier alpha value is -3.52. The number of rotatable bonds is 2. The lowest BCUT2D eigenvalue weighted by Crippen LogP contribution is -2.40. The summed E-state index contributed by atoms with van der Waals surface area (Å²) in [6.45, 7) is 2.75. The van der Waals surface area contributed by atoms with Gasteiger partial charge in [0, 0.05) is 17.0 Å². The van der Waals surface area contributed by atoms with E-state index in [0.717, 1.165) is 25.8 Å². The molecule has 3 aliphatic heterocycles. The third kappa shape index (κ3) is 5.46. The summed E-state index contributed by atoms with van der Waals surface area (Å²) in [6.07, 6.45) is 6.62. The van der Waals surface area contributed by atoms with E-state index in [1.165, 1.54) is 29.1 Å². The van der Waals surface area contributed by atoms with Crippen LogP contribution in [0.25, 0.3) is 11.0 Å². The fourth-order valence-corrected chi connectivity index (χ4v) is 7.01. The summed E-state index contributed by atoms with van der Waals surface area (Å²) in [4.78, 5) is 24.8. The maximum Gasteiger partial charge on any atom is 0.278 e. The van der Waals surface area contributed by atoms with Crippen molar-refractivity contribution in [3.63, 3.8) is 0 Å². The second-order valence-electron chi connectivity index (χ2n) is 12.7.